The number of ether oxygens (including phenoxy) is 1. The van der Waals surface area contributed by atoms with E-state index in [0.717, 1.165) is 6.07 Å². The highest BCUT2D eigenvalue weighted by Crippen LogP contribution is 2.34. The van der Waals surface area contributed by atoms with Crippen molar-refractivity contribution < 1.29 is 31.5 Å². The van der Waals surface area contributed by atoms with E-state index in [0.29, 0.717) is 12.1 Å². The number of Topliss-reactive ketones (excluding diaryl/α,β-unsaturated/α-hetero) is 1. The molecule has 1 atom stereocenters. The minimum absolute atomic E-state index is 0.202. The monoisotopic (exact) mass is 302 g/mol. The highest BCUT2D eigenvalue weighted by atomic mass is 35.5. The fourth-order valence-corrected chi connectivity index (χ4v) is 1.45. The maximum Gasteiger partial charge on any atom is 0.573 e. The summed E-state index contributed by atoms with van der Waals surface area (Å²) in [5.41, 5.74) is -1.21. The van der Waals surface area contributed by atoms with E-state index in [1.54, 1.807) is 0 Å². The topological polar surface area (TPSA) is 26.3 Å². The number of carbonyl (C=O) groups is 1. The van der Waals surface area contributed by atoms with Crippen LogP contribution in [0.25, 0.3) is 0 Å². The third kappa shape index (κ3) is 4.34. The van der Waals surface area contributed by atoms with Gasteiger partial charge in [0.25, 0.3) is 6.43 Å². The molecule has 0 spiro atoms. The van der Waals surface area contributed by atoms with Crippen LogP contribution in [-0.2, 0) is 0 Å². The molecule has 0 N–H and O–H groups in total. The van der Waals surface area contributed by atoms with Gasteiger partial charge in [0.1, 0.15) is 5.75 Å². The van der Waals surface area contributed by atoms with Gasteiger partial charge in [-0.1, -0.05) is 0 Å². The molecule has 0 heterocycles. The standard InChI is InChI=1S/C11H8ClF5O2/c1-5(12)9(18)6-2-3-8(19-11(15,16)17)7(4-6)10(13)14/h2-5,10H,1H3. The first-order chi connectivity index (χ1) is 8.61. The minimum atomic E-state index is -5.09. The molecule has 8 heteroatoms. The van der Waals surface area contributed by atoms with Crippen LogP contribution in [0.2, 0.25) is 0 Å². The molecule has 1 rings (SSSR count). The number of hydrogen-bond acceptors (Lipinski definition) is 2. The summed E-state index contributed by atoms with van der Waals surface area (Å²) in [6.45, 7) is 1.33. The first-order valence-electron chi connectivity index (χ1n) is 4.98. The molecule has 19 heavy (non-hydrogen) atoms. The van der Waals surface area contributed by atoms with Crippen molar-refractivity contribution in [3.05, 3.63) is 29.3 Å². The molecule has 1 unspecified atom stereocenters. The van der Waals surface area contributed by atoms with E-state index >= 15 is 0 Å². The van der Waals surface area contributed by atoms with E-state index < -0.39 is 35.3 Å². The normalized spacial score (nSPS) is 13.5. The Bertz CT molecular complexity index is 471. The van der Waals surface area contributed by atoms with Gasteiger partial charge < -0.3 is 4.74 Å². The lowest BCUT2D eigenvalue weighted by atomic mass is 10.0. The third-order valence-corrected chi connectivity index (χ3v) is 2.31. The number of hydrogen-bond donors (Lipinski definition) is 0. The average Bonchev–Trinajstić information content (AvgIpc) is 2.26. The zero-order valence-corrected chi connectivity index (χ0v) is 10.2. The summed E-state index contributed by atoms with van der Waals surface area (Å²) in [7, 11) is 0. The van der Waals surface area contributed by atoms with E-state index in [2.05, 4.69) is 4.74 Å². The average molecular weight is 303 g/mol. The first-order valence-corrected chi connectivity index (χ1v) is 5.41. The van der Waals surface area contributed by atoms with Crippen molar-refractivity contribution in [1.29, 1.82) is 0 Å². The second kappa shape index (κ2) is 5.73. The van der Waals surface area contributed by atoms with Crippen molar-refractivity contribution in [2.24, 2.45) is 0 Å². The Morgan fingerprint density at radius 1 is 1.32 bits per heavy atom. The first kappa shape index (κ1) is 15.7. The van der Waals surface area contributed by atoms with Crippen LogP contribution in [0.3, 0.4) is 0 Å². The van der Waals surface area contributed by atoms with Crippen molar-refractivity contribution in [2.45, 2.75) is 25.1 Å². The van der Waals surface area contributed by atoms with Crippen LogP contribution in [-0.4, -0.2) is 17.5 Å². The Balaban J connectivity index is 3.19. The molecule has 106 valence electrons. The van der Waals surface area contributed by atoms with Crippen LogP contribution in [0.5, 0.6) is 5.75 Å². The number of benzene rings is 1. The summed E-state index contributed by atoms with van der Waals surface area (Å²) in [6, 6.07) is 2.27. The van der Waals surface area contributed by atoms with Gasteiger partial charge in [0, 0.05) is 5.56 Å². The second-order valence-corrected chi connectivity index (χ2v) is 4.24. The lowest BCUT2D eigenvalue weighted by Gasteiger charge is -2.14. The molecule has 0 saturated carbocycles. The SMILES string of the molecule is CC(Cl)C(=O)c1ccc(OC(F)(F)F)c(C(F)F)c1. The summed E-state index contributed by atoms with van der Waals surface area (Å²) in [6.07, 6.45) is -8.30. The molecule has 0 saturated heterocycles. The van der Waals surface area contributed by atoms with Gasteiger partial charge in [-0.2, -0.15) is 0 Å². The minimum Gasteiger partial charge on any atom is -0.405 e. The van der Waals surface area contributed by atoms with Crippen LogP contribution in [0, 0.1) is 0 Å². The predicted octanol–water partition coefficient (Wildman–Crippen LogP) is 4.33. The maximum absolute atomic E-state index is 12.7. The van der Waals surface area contributed by atoms with E-state index in [4.69, 9.17) is 11.6 Å². The zero-order valence-electron chi connectivity index (χ0n) is 9.47. The third-order valence-electron chi connectivity index (χ3n) is 2.12. The van der Waals surface area contributed by atoms with E-state index in [1.807, 2.05) is 0 Å². The van der Waals surface area contributed by atoms with Crippen molar-refractivity contribution in [2.75, 3.05) is 0 Å². The largest absolute Gasteiger partial charge is 0.573 e. The van der Waals surface area contributed by atoms with Crippen molar-refractivity contribution >= 4 is 17.4 Å². The van der Waals surface area contributed by atoms with Crippen LogP contribution < -0.4 is 4.74 Å². The number of halogens is 6. The van der Waals surface area contributed by atoms with Crippen LogP contribution in [0.1, 0.15) is 29.3 Å². The van der Waals surface area contributed by atoms with Crippen molar-refractivity contribution in [1.82, 2.24) is 0 Å². The van der Waals surface area contributed by atoms with Gasteiger partial charge in [0.05, 0.1) is 10.9 Å². The van der Waals surface area contributed by atoms with E-state index in [-0.39, 0.29) is 5.56 Å². The van der Waals surface area contributed by atoms with Gasteiger partial charge in [0.15, 0.2) is 5.78 Å². The summed E-state index contributed by atoms with van der Waals surface area (Å²) in [5.74, 6) is -1.71. The fraction of sp³-hybridized carbons (Fsp3) is 0.364. The molecule has 1 aromatic rings. The number of alkyl halides is 6. The molecule has 0 aliphatic carbocycles. The molecule has 0 aromatic heterocycles. The summed E-state index contributed by atoms with van der Waals surface area (Å²) >= 11 is 5.49. The smallest absolute Gasteiger partial charge is 0.405 e. The fourth-order valence-electron chi connectivity index (χ4n) is 1.32. The highest BCUT2D eigenvalue weighted by molar-refractivity contribution is 6.33. The molecule has 0 amide bonds. The number of ketones is 1. The predicted molar refractivity (Wildman–Crippen MR) is 57.7 cm³/mol. The Morgan fingerprint density at radius 2 is 1.89 bits per heavy atom. The van der Waals surface area contributed by atoms with Gasteiger partial charge in [-0.05, 0) is 25.1 Å². The van der Waals surface area contributed by atoms with Crippen molar-refractivity contribution in [3.63, 3.8) is 0 Å². The Hall–Kier alpha value is -1.37. The lowest BCUT2D eigenvalue weighted by Crippen LogP contribution is -2.19. The number of rotatable bonds is 4. The molecule has 0 aliphatic rings. The molecule has 0 aliphatic heterocycles. The van der Waals surface area contributed by atoms with Gasteiger partial charge in [-0.3, -0.25) is 4.79 Å². The van der Waals surface area contributed by atoms with E-state index in [1.165, 1.54) is 6.92 Å². The summed E-state index contributed by atoms with van der Waals surface area (Å²) in [5, 5.41) is -0.972. The van der Waals surface area contributed by atoms with Gasteiger partial charge in [-0.25, -0.2) is 8.78 Å². The zero-order chi connectivity index (χ0) is 14.8. The Kier molecular flexibility index (Phi) is 4.73. The van der Waals surface area contributed by atoms with Crippen molar-refractivity contribution in [3.8, 4) is 5.75 Å². The van der Waals surface area contributed by atoms with Gasteiger partial charge in [0.2, 0.25) is 0 Å². The molecular weight excluding hydrogens is 295 g/mol. The molecule has 0 radical (unpaired) electrons. The van der Waals surface area contributed by atoms with Crippen LogP contribution >= 0.6 is 11.6 Å². The molecular formula is C11H8ClF5O2. The highest BCUT2D eigenvalue weighted by Gasteiger charge is 2.33. The summed E-state index contributed by atoms with van der Waals surface area (Å²) < 4.78 is 64.8. The van der Waals surface area contributed by atoms with Crippen LogP contribution in [0.15, 0.2) is 18.2 Å². The summed E-state index contributed by atoms with van der Waals surface area (Å²) in [4.78, 5) is 11.5. The van der Waals surface area contributed by atoms with Gasteiger partial charge >= 0.3 is 6.36 Å². The van der Waals surface area contributed by atoms with Gasteiger partial charge in [-0.15, -0.1) is 24.8 Å². The molecule has 1 aromatic carbocycles. The maximum atomic E-state index is 12.7. The van der Waals surface area contributed by atoms with Crippen LogP contribution in [0.4, 0.5) is 22.0 Å². The Morgan fingerprint density at radius 3 is 2.32 bits per heavy atom. The Labute approximate surface area is 110 Å². The lowest BCUT2D eigenvalue weighted by molar-refractivity contribution is -0.275. The molecule has 0 fully saturated rings. The molecule has 0 bridgehead atoms. The quantitative estimate of drug-likeness (QED) is 0.470. The van der Waals surface area contributed by atoms with E-state index in [9.17, 15) is 26.7 Å². The number of carbonyl (C=O) groups excluding carboxylic acids is 1. The molecule has 2 nitrogen and oxygen atoms in total. The second-order valence-electron chi connectivity index (χ2n) is 3.58.